The van der Waals surface area contributed by atoms with Crippen LogP contribution < -0.4 is 0 Å². The van der Waals surface area contributed by atoms with Crippen LogP contribution in [-0.2, 0) is 19.1 Å². The molecule has 7 heteroatoms. The Balaban J connectivity index is 3.90. The normalized spacial score (nSPS) is 14.9. The molecule has 0 radical (unpaired) electrons. The van der Waals surface area contributed by atoms with Crippen LogP contribution in [0.5, 0.6) is 0 Å². The maximum atomic E-state index is 12.2. The summed E-state index contributed by atoms with van der Waals surface area (Å²) in [4.78, 5) is 24.2. The van der Waals surface area contributed by atoms with Gasteiger partial charge in [0.1, 0.15) is 6.61 Å². The molecule has 0 saturated carbocycles. The molecule has 0 aliphatic rings. The summed E-state index contributed by atoms with van der Waals surface area (Å²) in [5.41, 5.74) is 0. The lowest BCUT2D eigenvalue weighted by molar-refractivity contribution is -0.161. The second-order valence-corrected chi connectivity index (χ2v) is 12.1. The van der Waals surface area contributed by atoms with Crippen LogP contribution in [0.2, 0.25) is 0 Å². The third kappa shape index (κ3) is 29.0. The third-order valence-corrected chi connectivity index (χ3v) is 7.88. The molecule has 0 rings (SSSR count). The first-order valence-corrected chi connectivity index (χ1v) is 17.8. The van der Waals surface area contributed by atoms with Crippen LogP contribution in [0.25, 0.3) is 0 Å². The Morgan fingerprint density at radius 1 is 0.644 bits per heavy atom. The second kappa shape index (κ2) is 31.7. The Morgan fingerprint density at radius 3 is 1.76 bits per heavy atom. The van der Waals surface area contributed by atoms with E-state index in [1.54, 1.807) is 0 Å². The lowest BCUT2D eigenvalue weighted by Crippen LogP contribution is -2.29. The van der Waals surface area contributed by atoms with Crippen LogP contribution >= 0.6 is 0 Å². The summed E-state index contributed by atoms with van der Waals surface area (Å²) in [7, 11) is 0. The molecule has 0 heterocycles. The summed E-state index contributed by atoms with van der Waals surface area (Å²) in [6.45, 7) is 6.08. The van der Waals surface area contributed by atoms with E-state index in [9.17, 15) is 24.9 Å². The molecular formula is C38H66O7. The average Bonchev–Trinajstić information content (AvgIpc) is 3.03. The van der Waals surface area contributed by atoms with E-state index in [1.807, 2.05) is 12.2 Å². The van der Waals surface area contributed by atoms with Crippen LogP contribution in [0, 0.1) is 5.92 Å². The SMILES string of the molecule is CC/C=C\C/C=C\C/C=C\C/C=C\C[C@@H](O)[C@H](O)CCCC(=O)O[C@@H](CO)COC(=O)CCCCCCCCCCC(C)CC. The van der Waals surface area contributed by atoms with Gasteiger partial charge < -0.3 is 24.8 Å². The van der Waals surface area contributed by atoms with Gasteiger partial charge in [-0.05, 0) is 57.3 Å². The Hall–Kier alpha value is -2.22. The fourth-order valence-electron chi connectivity index (χ4n) is 4.67. The van der Waals surface area contributed by atoms with E-state index in [1.165, 1.54) is 44.9 Å². The number of aliphatic hydroxyl groups excluding tert-OH is 3. The van der Waals surface area contributed by atoms with Gasteiger partial charge in [0, 0.05) is 12.8 Å². The minimum absolute atomic E-state index is 0.0378. The van der Waals surface area contributed by atoms with Gasteiger partial charge in [-0.3, -0.25) is 9.59 Å². The lowest BCUT2D eigenvalue weighted by atomic mass is 9.99. The highest BCUT2D eigenvalue weighted by molar-refractivity contribution is 5.70. The van der Waals surface area contributed by atoms with Gasteiger partial charge in [0.15, 0.2) is 6.10 Å². The molecular weight excluding hydrogens is 568 g/mol. The Labute approximate surface area is 274 Å². The zero-order valence-corrected chi connectivity index (χ0v) is 28.8. The number of esters is 2. The van der Waals surface area contributed by atoms with Crippen molar-refractivity contribution in [3.8, 4) is 0 Å². The van der Waals surface area contributed by atoms with Crippen molar-refractivity contribution in [1.82, 2.24) is 0 Å². The Bertz CT molecular complexity index is 817. The predicted octanol–water partition coefficient (Wildman–Crippen LogP) is 8.47. The molecule has 1 unspecified atom stereocenters. The van der Waals surface area contributed by atoms with E-state index in [0.717, 1.165) is 50.9 Å². The average molecular weight is 635 g/mol. The molecule has 0 aromatic heterocycles. The molecule has 0 fully saturated rings. The molecule has 0 saturated heterocycles. The first kappa shape index (κ1) is 42.8. The van der Waals surface area contributed by atoms with Gasteiger partial charge in [-0.15, -0.1) is 0 Å². The summed E-state index contributed by atoms with van der Waals surface area (Å²) < 4.78 is 10.4. The van der Waals surface area contributed by atoms with Gasteiger partial charge in [-0.2, -0.15) is 0 Å². The van der Waals surface area contributed by atoms with Crippen molar-refractivity contribution in [3.63, 3.8) is 0 Å². The van der Waals surface area contributed by atoms with Crippen LogP contribution in [-0.4, -0.2) is 58.8 Å². The lowest BCUT2D eigenvalue weighted by Gasteiger charge is -2.17. The second-order valence-electron chi connectivity index (χ2n) is 12.1. The fourth-order valence-corrected chi connectivity index (χ4v) is 4.67. The summed E-state index contributed by atoms with van der Waals surface area (Å²) >= 11 is 0. The summed E-state index contributed by atoms with van der Waals surface area (Å²) in [6.07, 6.45) is 30.6. The number of carbonyl (C=O) groups excluding carboxylic acids is 2. The van der Waals surface area contributed by atoms with Gasteiger partial charge in [-0.25, -0.2) is 0 Å². The van der Waals surface area contributed by atoms with Gasteiger partial charge in [0.25, 0.3) is 0 Å². The number of unbranched alkanes of at least 4 members (excludes halogenated alkanes) is 7. The number of hydrogen-bond donors (Lipinski definition) is 3. The standard InChI is InChI=1S/C38H66O7/c1-4-6-7-8-9-10-11-12-13-17-20-23-27-35(40)36(41)28-25-30-38(43)45-34(31-39)32-44-37(42)29-24-21-18-15-14-16-19-22-26-33(3)5-2/h6-7,9-10,12-13,20,23,33-36,39-41H,4-5,8,11,14-19,21-22,24-32H2,1-3H3/b7-6-,10-9-,13-12-,23-20-/t33?,34-,35+,36+/m0/s1. The summed E-state index contributed by atoms with van der Waals surface area (Å²) in [6, 6.07) is 0. The van der Waals surface area contributed by atoms with Crippen molar-refractivity contribution in [3.05, 3.63) is 48.6 Å². The van der Waals surface area contributed by atoms with Crippen molar-refractivity contribution in [2.75, 3.05) is 13.2 Å². The molecule has 0 aromatic carbocycles. The highest BCUT2D eigenvalue weighted by Crippen LogP contribution is 2.15. The molecule has 45 heavy (non-hydrogen) atoms. The van der Waals surface area contributed by atoms with E-state index in [4.69, 9.17) is 9.47 Å². The van der Waals surface area contributed by atoms with Crippen molar-refractivity contribution in [2.24, 2.45) is 5.92 Å². The smallest absolute Gasteiger partial charge is 0.306 e. The van der Waals surface area contributed by atoms with Gasteiger partial charge in [0.2, 0.25) is 0 Å². The summed E-state index contributed by atoms with van der Waals surface area (Å²) in [5.74, 6) is -0.0473. The predicted molar refractivity (Wildman–Crippen MR) is 185 cm³/mol. The number of aliphatic hydroxyl groups is 3. The fraction of sp³-hybridized carbons (Fsp3) is 0.737. The number of ether oxygens (including phenoxy) is 2. The van der Waals surface area contributed by atoms with Gasteiger partial charge in [0.05, 0.1) is 18.8 Å². The largest absolute Gasteiger partial charge is 0.462 e. The monoisotopic (exact) mass is 634 g/mol. The molecule has 3 N–H and O–H groups in total. The number of hydrogen-bond acceptors (Lipinski definition) is 7. The van der Waals surface area contributed by atoms with Crippen LogP contribution in [0.15, 0.2) is 48.6 Å². The highest BCUT2D eigenvalue weighted by atomic mass is 16.6. The minimum atomic E-state index is -0.945. The molecule has 0 aromatic rings. The quantitative estimate of drug-likeness (QED) is 0.0413. The molecule has 0 aliphatic heterocycles. The molecule has 260 valence electrons. The minimum Gasteiger partial charge on any atom is -0.462 e. The zero-order valence-electron chi connectivity index (χ0n) is 28.8. The first-order chi connectivity index (χ1) is 21.8. The molecule has 4 atom stereocenters. The maximum Gasteiger partial charge on any atom is 0.306 e. The van der Waals surface area contributed by atoms with Crippen molar-refractivity contribution in [2.45, 2.75) is 161 Å². The van der Waals surface area contributed by atoms with Crippen molar-refractivity contribution >= 4 is 11.9 Å². The highest BCUT2D eigenvalue weighted by Gasteiger charge is 2.18. The Kier molecular flexibility index (Phi) is 30.2. The number of allylic oxidation sites excluding steroid dienone is 7. The number of carbonyl (C=O) groups is 2. The molecule has 0 aliphatic carbocycles. The zero-order chi connectivity index (χ0) is 33.4. The van der Waals surface area contributed by atoms with Crippen LogP contribution in [0.1, 0.15) is 143 Å². The van der Waals surface area contributed by atoms with Gasteiger partial charge in [-0.1, -0.05) is 127 Å². The molecule has 0 spiro atoms. The van der Waals surface area contributed by atoms with Crippen molar-refractivity contribution < 1.29 is 34.4 Å². The van der Waals surface area contributed by atoms with Crippen molar-refractivity contribution in [1.29, 1.82) is 0 Å². The first-order valence-electron chi connectivity index (χ1n) is 17.8. The maximum absolute atomic E-state index is 12.2. The summed E-state index contributed by atoms with van der Waals surface area (Å²) in [5, 5.41) is 29.9. The van der Waals surface area contributed by atoms with E-state index < -0.39 is 30.9 Å². The topological polar surface area (TPSA) is 113 Å². The Morgan fingerprint density at radius 2 is 1.18 bits per heavy atom. The van der Waals surface area contributed by atoms with Gasteiger partial charge >= 0.3 is 11.9 Å². The van der Waals surface area contributed by atoms with E-state index in [0.29, 0.717) is 19.3 Å². The molecule has 0 bridgehead atoms. The molecule has 0 amide bonds. The van der Waals surface area contributed by atoms with Crippen LogP contribution in [0.3, 0.4) is 0 Å². The number of rotatable bonds is 30. The van der Waals surface area contributed by atoms with E-state index in [-0.39, 0.29) is 25.4 Å². The van der Waals surface area contributed by atoms with E-state index >= 15 is 0 Å². The third-order valence-electron chi connectivity index (χ3n) is 7.88. The van der Waals surface area contributed by atoms with E-state index in [2.05, 4.69) is 57.2 Å². The van der Waals surface area contributed by atoms with Crippen LogP contribution in [0.4, 0.5) is 0 Å². The molecule has 7 nitrogen and oxygen atoms in total.